The van der Waals surface area contributed by atoms with E-state index in [4.69, 9.17) is 17.3 Å². The fourth-order valence-corrected chi connectivity index (χ4v) is 3.41. The third-order valence-corrected chi connectivity index (χ3v) is 4.62. The lowest BCUT2D eigenvalue weighted by Crippen LogP contribution is -2.26. The molecular formula is C16H16ClN3OS. The van der Waals surface area contributed by atoms with Gasteiger partial charge < -0.3 is 10.8 Å². The first-order valence-corrected chi connectivity index (χ1v) is 8.03. The van der Waals surface area contributed by atoms with Crippen LogP contribution in [0, 0.1) is 11.3 Å². The number of nitriles is 1. The number of thioether (sulfide) groups is 1. The van der Waals surface area contributed by atoms with Gasteiger partial charge in [0.15, 0.2) is 0 Å². The number of aliphatic hydroxyl groups is 1. The predicted molar refractivity (Wildman–Crippen MR) is 88.7 cm³/mol. The molecule has 2 atom stereocenters. The van der Waals surface area contributed by atoms with Crippen LogP contribution >= 0.6 is 23.4 Å². The Bertz CT molecular complexity index is 660. The number of nitrogens with zero attached hydrogens (tertiary/aromatic N) is 2. The highest BCUT2D eigenvalue weighted by molar-refractivity contribution is 7.99. The van der Waals surface area contributed by atoms with Crippen LogP contribution in [0.3, 0.4) is 0 Å². The lowest BCUT2D eigenvalue weighted by molar-refractivity contribution is 0.259. The lowest BCUT2D eigenvalue weighted by atomic mass is 10.1. The zero-order valence-electron chi connectivity index (χ0n) is 11.8. The molecule has 4 nitrogen and oxygen atoms in total. The van der Waals surface area contributed by atoms with E-state index in [0.717, 1.165) is 5.56 Å². The molecule has 2 rings (SSSR count). The Balaban J connectivity index is 2.29. The number of aromatic nitrogens is 1. The number of pyridine rings is 1. The summed E-state index contributed by atoms with van der Waals surface area (Å²) in [5.74, 6) is 0. The van der Waals surface area contributed by atoms with Gasteiger partial charge in [0.05, 0.1) is 17.2 Å². The summed E-state index contributed by atoms with van der Waals surface area (Å²) in [7, 11) is 0. The lowest BCUT2D eigenvalue weighted by Gasteiger charge is -2.20. The molecule has 0 saturated heterocycles. The quantitative estimate of drug-likeness (QED) is 0.793. The van der Waals surface area contributed by atoms with Gasteiger partial charge in [0.25, 0.3) is 0 Å². The largest absolute Gasteiger partial charge is 0.395 e. The van der Waals surface area contributed by atoms with E-state index in [1.165, 1.54) is 18.0 Å². The average molecular weight is 334 g/mol. The molecule has 1 heterocycles. The Kier molecular flexibility index (Phi) is 6.22. The molecule has 1 aromatic heterocycles. The van der Waals surface area contributed by atoms with Gasteiger partial charge in [-0.05, 0) is 18.1 Å². The van der Waals surface area contributed by atoms with E-state index in [9.17, 15) is 10.4 Å². The van der Waals surface area contributed by atoms with Crippen molar-refractivity contribution in [3.05, 3.63) is 58.7 Å². The van der Waals surface area contributed by atoms with Crippen LogP contribution in [-0.4, -0.2) is 22.7 Å². The summed E-state index contributed by atoms with van der Waals surface area (Å²) >= 11 is 7.34. The number of aliphatic hydroxyl groups excluding tert-OH is 1. The summed E-state index contributed by atoms with van der Waals surface area (Å²) in [6, 6.07) is 13.2. The van der Waals surface area contributed by atoms with Crippen molar-refractivity contribution >= 4 is 23.4 Å². The Labute approximate surface area is 138 Å². The van der Waals surface area contributed by atoms with Crippen LogP contribution in [0.5, 0.6) is 0 Å². The smallest absolute Gasteiger partial charge is 0.114 e. The summed E-state index contributed by atoms with van der Waals surface area (Å²) in [6.45, 7) is -0.0803. The Hall–Kier alpha value is -1.58. The number of rotatable bonds is 6. The second-order valence-corrected chi connectivity index (χ2v) is 6.44. The van der Waals surface area contributed by atoms with Gasteiger partial charge in [-0.1, -0.05) is 53.7 Å². The third-order valence-electron chi connectivity index (χ3n) is 3.11. The zero-order valence-corrected chi connectivity index (χ0v) is 13.4. The minimum absolute atomic E-state index is 0.00382. The van der Waals surface area contributed by atoms with Crippen LogP contribution in [0.15, 0.2) is 47.6 Å². The highest BCUT2D eigenvalue weighted by Gasteiger charge is 2.19. The molecule has 3 N–H and O–H groups in total. The van der Waals surface area contributed by atoms with Gasteiger partial charge in [-0.25, -0.2) is 4.98 Å². The van der Waals surface area contributed by atoms with Crippen molar-refractivity contribution in [3.8, 4) is 6.07 Å². The maximum atomic E-state index is 9.23. The summed E-state index contributed by atoms with van der Waals surface area (Å²) < 4.78 is 0. The molecule has 0 unspecified atom stereocenters. The summed E-state index contributed by atoms with van der Waals surface area (Å²) in [5.41, 5.74) is 7.41. The van der Waals surface area contributed by atoms with Crippen molar-refractivity contribution in [2.75, 3.05) is 6.61 Å². The fraction of sp³-hybridized carbons (Fsp3) is 0.250. The van der Waals surface area contributed by atoms with Gasteiger partial charge in [-0.15, -0.1) is 0 Å². The zero-order chi connectivity index (χ0) is 15.9. The van der Waals surface area contributed by atoms with Gasteiger partial charge in [0.2, 0.25) is 0 Å². The molecule has 0 amide bonds. The number of halogens is 1. The van der Waals surface area contributed by atoms with Gasteiger partial charge in [0.1, 0.15) is 11.1 Å². The van der Waals surface area contributed by atoms with E-state index in [1.807, 2.05) is 30.3 Å². The number of nitrogens with two attached hydrogens (primary N) is 1. The second-order valence-electron chi connectivity index (χ2n) is 4.81. The standard InChI is InChI=1S/C16H16ClN3OS/c17-13-6-12(8-18)16(20-9-13)22-15(7-14(19)10-21)11-4-2-1-3-5-11/h1-6,9,14-15,21H,7,10,19H2/t14-,15+/m0/s1. The highest BCUT2D eigenvalue weighted by atomic mass is 35.5. The molecule has 0 radical (unpaired) electrons. The SMILES string of the molecule is N#Cc1cc(Cl)cnc1S[C@H](C[C@H](N)CO)c1ccccc1. The van der Waals surface area contributed by atoms with Crippen LogP contribution in [0.1, 0.15) is 22.8 Å². The summed E-state index contributed by atoms with van der Waals surface area (Å²) in [6.07, 6.45) is 2.11. The minimum atomic E-state index is -0.324. The van der Waals surface area contributed by atoms with Crippen molar-refractivity contribution in [1.29, 1.82) is 5.26 Å². The average Bonchev–Trinajstić information content (AvgIpc) is 2.56. The Morgan fingerprint density at radius 2 is 2.09 bits per heavy atom. The van der Waals surface area contributed by atoms with E-state index < -0.39 is 0 Å². The molecule has 22 heavy (non-hydrogen) atoms. The first kappa shape index (κ1) is 16.8. The molecule has 114 valence electrons. The molecule has 1 aromatic carbocycles. The first-order valence-electron chi connectivity index (χ1n) is 6.77. The molecule has 0 bridgehead atoms. The van der Waals surface area contributed by atoms with Gasteiger partial charge in [-0.3, -0.25) is 0 Å². The van der Waals surface area contributed by atoms with Crippen LogP contribution in [0.25, 0.3) is 0 Å². The highest BCUT2D eigenvalue weighted by Crippen LogP contribution is 2.39. The maximum Gasteiger partial charge on any atom is 0.114 e. The van der Waals surface area contributed by atoms with Crippen LogP contribution in [0.4, 0.5) is 0 Å². The molecule has 0 saturated carbocycles. The van der Waals surface area contributed by atoms with Crippen molar-refractivity contribution in [3.63, 3.8) is 0 Å². The number of hydrogen-bond acceptors (Lipinski definition) is 5. The van der Waals surface area contributed by atoms with Crippen molar-refractivity contribution in [2.45, 2.75) is 22.7 Å². The molecule has 0 aliphatic heterocycles. The van der Waals surface area contributed by atoms with Gasteiger partial charge in [-0.2, -0.15) is 5.26 Å². The molecule has 0 aliphatic carbocycles. The van der Waals surface area contributed by atoms with Crippen LogP contribution in [-0.2, 0) is 0 Å². The molecule has 0 spiro atoms. The third kappa shape index (κ3) is 4.46. The second kappa shape index (κ2) is 8.16. The summed E-state index contributed by atoms with van der Waals surface area (Å²) in [5, 5.41) is 19.5. The molecule has 6 heteroatoms. The van der Waals surface area contributed by atoms with Crippen molar-refractivity contribution in [2.24, 2.45) is 5.73 Å². The molecule has 0 fully saturated rings. The van der Waals surface area contributed by atoms with Gasteiger partial charge >= 0.3 is 0 Å². The Morgan fingerprint density at radius 1 is 1.36 bits per heavy atom. The topological polar surface area (TPSA) is 82.9 Å². The van der Waals surface area contributed by atoms with Crippen LogP contribution in [0.2, 0.25) is 5.02 Å². The molecule has 2 aromatic rings. The fourth-order valence-electron chi connectivity index (χ4n) is 2.00. The van der Waals surface area contributed by atoms with E-state index in [2.05, 4.69) is 11.1 Å². The van der Waals surface area contributed by atoms with Crippen molar-refractivity contribution < 1.29 is 5.11 Å². The normalized spacial score (nSPS) is 13.4. The summed E-state index contributed by atoms with van der Waals surface area (Å²) in [4.78, 5) is 4.25. The van der Waals surface area contributed by atoms with Gasteiger partial charge in [0, 0.05) is 17.5 Å². The molecular weight excluding hydrogens is 318 g/mol. The predicted octanol–water partition coefficient (Wildman–Crippen LogP) is 3.15. The Morgan fingerprint density at radius 3 is 2.73 bits per heavy atom. The number of benzene rings is 1. The van der Waals surface area contributed by atoms with E-state index in [1.54, 1.807) is 6.07 Å². The van der Waals surface area contributed by atoms with Crippen LogP contribution < -0.4 is 5.73 Å². The minimum Gasteiger partial charge on any atom is -0.395 e. The first-order chi connectivity index (χ1) is 10.6. The van der Waals surface area contributed by atoms with E-state index in [-0.39, 0.29) is 17.9 Å². The molecule has 0 aliphatic rings. The van der Waals surface area contributed by atoms with Crippen molar-refractivity contribution in [1.82, 2.24) is 4.98 Å². The van der Waals surface area contributed by atoms with E-state index in [0.29, 0.717) is 22.0 Å². The monoisotopic (exact) mass is 333 g/mol. The number of hydrogen-bond donors (Lipinski definition) is 2. The maximum absolute atomic E-state index is 9.23. The van der Waals surface area contributed by atoms with E-state index >= 15 is 0 Å².